The molecule has 9 heteroatoms. The molecule has 1 aliphatic rings. The highest BCUT2D eigenvalue weighted by molar-refractivity contribution is 5.80. The number of H-pyrrole nitrogens is 1. The van der Waals surface area contributed by atoms with E-state index in [2.05, 4.69) is 57.2 Å². The molecule has 0 aliphatic carbocycles. The zero-order valence-electron chi connectivity index (χ0n) is 24.1. The Labute approximate surface area is 239 Å². The predicted molar refractivity (Wildman–Crippen MR) is 161 cm³/mol. The molecule has 9 nitrogen and oxygen atoms in total. The first kappa shape index (κ1) is 28.3. The Morgan fingerprint density at radius 1 is 1.07 bits per heavy atom. The van der Waals surface area contributed by atoms with Gasteiger partial charge >= 0.3 is 5.76 Å². The summed E-state index contributed by atoms with van der Waals surface area (Å²) < 4.78 is 8.74. The maximum atomic E-state index is 14.3. The second-order valence-corrected chi connectivity index (χ2v) is 10.5. The maximum Gasteiger partial charge on any atom is 0.439 e. The van der Waals surface area contributed by atoms with E-state index in [4.69, 9.17) is 4.52 Å². The van der Waals surface area contributed by atoms with Gasteiger partial charge in [-0.25, -0.2) is 9.79 Å². The fraction of sp³-hybridized carbons (Fsp3) is 0.375. The Balaban J connectivity index is 1.54. The molecular formula is C32H38N6O3. The normalized spacial score (nSPS) is 15.0. The summed E-state index contributed by atoms with van der Waals surface area (Å²) in [5.74, 6) is -0.198. The average Bonchev–Trinajstić information content (AvgIpc) is 3.44. The van der Waals surface area contributed by atoms with E-state index in [0.29, 0.717) is 17.9 Å². The average molecular weight is 555 g/mol. The molecule has 1 fully saturated rings. The van der Waals surface area contributed by atoms with Crippen LogP contribution in [0.1, 0.15) is 56.0 Å². The Kier molecular flexibility index (Phi) is 8.64. The molecule has 4 aromatic rings. The van der Waals surface area contributed by atoms with Gasteiger partial charge in [0.2, 0.25) is 5.62 Å². The SMILES string of the molecule is C=C/N=c1\n(C)c(CCC)c(Cc2ccc(-c3ccccc3-c3noc(=O)[nH]3)cc2)c(=O)n1C1CCN(CC)CC1. The van der Waals surface area contributed by atoms with E-state index in [-0.39, 0.29) is 11.6 Å². The van der Waals surface area contributed by atoms with E-state index in [1.165, 1.54) is 6.20 Å². The van der Waals surface area contributed by atoms with Gasteiger partial charge in [-0.1, -0.05) is 80.5 Å². The smallest absolute Gasteiger partial charge is 0.318 e. The van der Waals surface area contributed by atoms with E-state index in [9.17, 15) is 9.59 Å². The van der Waals surface area contributed by atoms with Crippen LogP contribution in [0.2, 0.25) is 0 Å². The highest BCUT2D eigenvalue weighted by Gasteiger charge is 2.25. The lowest BCUT2D eigenvalue weighted by atomic mass is 9.96. The second-order valence-electron chi connectivity index (χ2n) is 10.5. The summed E-state index contributed by atoms with van der Waals surface area (Å²) in [6.45, 7) is 11.1. The molecule has 0 saturated carbocycles. The summed E-state index contributed by atoms with van der Waals surface area (Å²) in [6, 6.07) is 16.1. The lowest BCUT2D eigenvalue weighted by Gasteiger charge is -2.33. The lowest BCUT2D eigenvalue weighted by molar-refractivity contribution is 0.187. The first-order valence-corrected chi connectivity index (χ1v) is 14.4. The van der Waals surface area contributed by atoms with Crippen molar-refractivity contribution in [1.29, 1.82) is 0 Å². The first-order valence-electron chi connectivity index (χ1n) is 14.4. The van der Waals surface area contributed by atoms with Gasteiger partial charge in [0, 0.05) is 55.6 Å². The Hall–Kier alpha value is -4.24. The second kappa shape index (κ2) is 12.5. The lowest BCUT2D eigenvalue weighted by Crippen LogP contribution is -2.48. The van der Waals surface area contributed by atoms with E-state index < -0.39 is 5.76 Å². The molecule has 214 valence electrons. The van der Waals surface area contributed by atoms with Crippen molar-refractivity contribution in [3.63, 3.8) is 0 Å². The number of hydrogen-bond acceptors (Lipinski definition) is 6. The van der Waals surface area contributed by atoms with E-state index >= 15 is 0 Å². The number of rotatable bonds is 9. The molecule has 0 unspecified atom stereocenters. The molecule has 2 aromatic carbocycles. The molecule has 1 aliphatic heterocycles. The summed E-state index contributed by atoms with van der Waals surface area (Å²) in [4.78, 5) is 35.5. The minimum atomic E-state index is -0.588. The molecule has 0 radical (unpaired) electrons. The number of likely N-dealkylation sites (tertiary alicyclic amines) is 1. The maximum absolute atomic E-state index is 14.3. The summed E-state index contributed by atoms with van der Waals surface area (Å²) in [6.07, 6.45) is 5.62. The van der Waals surface area contributed by atoms with Crippen LogP contribution in [0.4, 0.5) is 0 Å². The van der Waals surface area contributed by atoms with Crippen molar-refractivity contribution >= 4 is 0 Å². The van der Waals surface area contributed by atoms with Gasteiger partial charge in [0.25, 0.3) is 5.56 Å². The van der Waals surface area contributed by atoms with Crippen LogP contribution in [0, 0.1) is 0 Å². The topological polar surface area (TPSA) is 101 Å². The van der Waals surface area contributed by atoms with Crippen molar-refractivity contribution in [2.24, 2.45) is 12.0 Å². The fourth-order valence-corrected chi connectivity index (χ4v) is 5.92. The minimum absolute atomic E-state index is 0.0477. The molecule has 2 aromatic heterocycles. The molecule has 0 atom stereocenters. The van der Waals surface area contributed by atoms with Crippen LogP contribution in [0.5, 0.6) is 0 Å². The number of aromatic nitrogens is 4. The molecule has 0 amide bonds. The van der Waals surface area contributed by atoms with Crippen LogP contribution in [-0.2, 0) is 19.9 Å². The number of nitrogens with zero attached hydrogens (tertiary/aromatic N) is 5. The molecule has 1 N–H and O–H groups in total. The van der Waals surface area contributed by atoms with Crippen molar-refractivity contribution in [1.82, 2.24) is 24.2 Å². The Bertz CT molecular complexity index is 1700. The van der Waals surface area contributed by atoms with Crippen LogP contribution in [-0.4, -0.2) is 43.8 Å². The fourth-order valence-electron chi connectivity index (χ4n) is 5.92. The van der Waals surface area contributed by atoms with Gasteiger partial charge in [0.15, 0.2) is 5.82 Å². The van der Waals surface area contributed by atoms with Gasteiger partial charge in [0.1, 0.15) is 0 Å². The van der Waals surface area contributed by atoms with Crippen molar-refractivity contribution in [2.45, 2.75) is 52.0 Å². The molecular weight excluding hydrogens is 516 g/mol. The quantitative estimate of drug-likeness (QED) is 0.330. The van der Waals surface area contributed by atoms with E-state index in [1.807, 2.05) is 48.0 Å². The van der Waals surface area contributed by atoms with Crippen molar-refractivity contribution in [2.75, 3.05) is 19.6 Å². The predicted octanol–water partition coefficient (Wildman–Crippen LogP) is 4.44. The van der Waals surface area contributed by atoms with Crippen LogP contribution in [0.3, 0.4) is 0 Å². The van der Waals surface area contributed by atoms with Gasteiger partial charge in [-0.15, -0.1) is 0 Å². The van der Waals surface area contributed by atoms with Gasteiger partial charge in [0.05, 0.1) is 0 Å². The summed E-state index contributed by atoms with van der Waals surface area (Å²) in [5.41, 5.74) is 6.30. The van der Waals surface area contributed by atoms with E-state index in [0.717, 1.165) is 78.8 Å². The third kappa shape index (κ3) is 5.81. The summed E-state index contributed by atoms with van der Waals surface area (Å²) in [5, 5.41) is 3.87. The van der Waals surface area contributed by atoms with Gasteiger partial charge in [-0.05, 0) is 42.5 Å². The van der Waals surface area contributed by atoms with Crippen molar-refractivity contribution < 1.29 is 4.52 Å². The highest BCUT2D eigenvalue weighted by Crippen LogP contribution is 2.30. The number of benzene rings is 2. The summed E-state index contributed by atoms with van der Waals surface area (Å²) in [7, 11) is 2.02. The largest absolute Gasteiger partial charge is 0.439 e. The molecule has 0 bridgehead atoms. The molecule has 3 heterocycles. The van der Waals surface area contributed by atoms with Gasteiger partial charge < -0.3 is 9.47 Å². The summed E-state index contributed by atoms with van der Waals surface area (Å²) >= 11 is 0. The van der Waals surface area contributed by atoms with Gasteiger partial charge in [-0.2, -0.15) is 0 Å². The molecule has 5 rings (SSSR count). The molecule has 41 heavy (non-hydrogen) atoms. The number of piperidine rings is 1. The Morgan fingerprint density at radius 2 is 1.78 bits per heavy atom. The Morgan fingerprint density at radius 3 is 2.39 bits per heavy atom. The highest BCUT2D eigenvalue weighted by atomic mass is 16.5. The van der Waals surface area contributed by atoms with Crippen LogP contribution < -0.4 is 16.9 Å². The first-order chi connectivity index (χ1) is 19.9. The third-order valence-corrected chi connectivity index (χ3v) is 8.08. The third-order valence-electron chi connectivity index (χ3n) is 8.08. The van der Waals surface area contributed by atoms with Crippen molar-refractivity contribution in [3.8, 4) is 22.5 Å². The zero-order valence-corrected chi connectivity index (χ0v) is 24.1. The number of aromatic amines is 1. The zero-order chi connectivity index (χ0) is 28.9. The van der Waals surface area contributed by atoms with E-state index in [1.54, 1.807) is 0 Å². The van der Waals surface area contributed by atoms with Crippen molar-refractivity contribution in [3.05, 3.63) is 105 Å². The standard InChI is InChI=1S/C32H38N6O3/c1-5-10-28-27(30(39)38(31(33-6-2)36(28)4)24-17-19-37(7-3)20-18-24)21-22-13-15-23(16-14-22)25-11-8-9-12-26(25)29-34-32(40)41-35-29/h6,8-9,11-16,24H,2,5,7,10,17-21H2,1,3-4H3,(H,34,35,40)/b33-31+. The number of hydrogen-bond donors (Lipinski definition) is 1. The van der Waals surface area contributed by atoms with Crippen LogP contribution >= 0.6 is 0 Å². The number of nitrogens with one attached hydrogen (secondary N) is 1. The van der Waals surface area contributed by atoms with Crippen LogP contribution in [0.25, 0.3) is 22.5 Å². The van der Waals surface area contributed by atoms with Crippen LogP contribution in [0.15, 0.2) is 80.4 Å². The molecule has 1 saturated heterocycles. The minimum Gasteiger partial charge on any atom is -0.318 e. The van der Waals surface area contributed by atoms with Gasteiger partial charge in [-0.3, -0.25) is 18.9 Å². The monoisotopic (exact) mass is 554 g/mol. The molecule has 0 spiro atoms.